The molecular formula is C17H22N4OS. The monoisotopic (exact) mass is 330 g/mol. The van der Waals surface area contributed by atoms with Gasteiger partial charge in [0.25, 0.3) is 0 Å². The number of thioether (sulfide) groups is 1. The first-order chi connectivity index (χ1) is 11.2. The van der Waals surface area contributed by atoms with E-state index in [1.165, 1.54) is 28.6 Å². The lowest BCUT2D eigenvalue weighted by molar-refractivity contribution is 0.201. The predicted molar refractivity (Wildman–Crippen MR) is 91.7 cm³/mol. The summed E-state index contributed by atoms with van der Waals surface area (Å²) in [5.41, 5.74) is 2.81. The van der Waals surface area contributed by atoms with Crippen molar-refractivity contribution in [3.05, 3.63) is 41.7 Å². The van der Waals surface area contributed by atoms with Gasteiger partial charge in [-0.25, -0.2) is 9.78 Å². The van der Waals surface area contributed by atoms with Crippen LogP contribution in [0.5, 0.6) is 0 Å². The van der Waals surface area contributed by atoms with Gasteiger partial charge in [0.05, 0.1) is 0 Å². The summed E-state index contributed by atoms with van der Waals surface area (Å²) in [6.45, 7) is 5.28. The van der Waals surface area contributed by atoms with Crippen LogP contribution in [0.3, 0.4) is 0 Å². The molecule has 1 unspecified atom stereocenters. The molecule has 1 aromatic carbocycles. The van der Waals surface area contributed by atoms with Crippen molar-refractivity contribution in [3.8, 4) is 0 Å². The van der Waals surface area contributed by atoms with Crippen LogP contribution in [0.15, 0.2) is 35.7 Å². The number of amides is 1. The van der Waals surface area contributed by atoms with Gasteiger partial charge in [-0.05, 0) is 44.2 Å². The lowest BCUT2D eigenvalue weighted by Crippen LogP contribution is -2.34. The van der Waals surface area contributed by atoms with E-state index in [2.05, 4.69) is 34.3 Å². The molecule has 1 aliphatic carbocycles. The van der Waals surface area contributed by atoms with E-state index in [1.807, 2.05) is 13.8 Å². The van der Waals surface area contributed by atoms with Crippen LogP contribution in [0, 0.1) is 0 Å². The molecule has 0 radical (unpaired) electrons. The standard InChI is InChI=1S/C17H22N4OS/c1-3-20(4-2)17(22)21-12-18-16(19-21)23-15-11-7-9-13-8-5-6-10-14(13)15/h5-6,8,10,12,15H,3-4,7,9,11H2,1-2H3. The second kappa shape index (κ2) is 7.17. The van der Waals surface area contributed by atoms with Gasteiger partial charge in [-0.3, -0.25) is 0 Å². The minimum absolute atomic E-state index is 0.113. The molecule has 0 saturated carbocycles. The number of carbonyl (C=O) groups excluding carboxylic acids is 1. The fraction of sp³-hybridized carbons (Fsp3) is 0.471. The van der Waals surface area contributed by atoms with Crippen molar-refractivity contribution < 1.29 is 4.79 Å². The first kappa shape index (κ1) is 16.1. The Hall–Kier alpha value is -1.82. The molecule has 3 rings (SSSR count). The molecule has 1 heterocycles. The maximum Gasteiger partial charge on any atom is 0.346 e. The fourth-order valence-electron chi connectivity index (χ4n) is 2.99. The Bertz CT molecular complexity index is 681. The Morgan fingerprint density at radius 1 is 1.35 bits per heavy atom. The van der Waals surface area contributed by atoms with E-state index < -0.39 is 0 Å². The highest BCUT2D eigenvalue weighted by molar-refractivity contribution is 7.99. The quantitative estimate of drug-likeness (QED) is 0.856. The highest BCUT2D eigenvalue weighted by Gasteiger charge is 2.23. The van der Waals surface area contributed by atoms with Gasteiger partial charge in [0.1, 0.15) is 6.33 Å². The molecule has 6 heteroatoms. The molecule has 0 bridgehead atoms. The smallest absolute Gasteiger partial charge is 0.323 e. The number of carbonyl (C=O) groups is 1. The lowest BCUT2D eigenvalue weighted by atomic mass is 9.91. The van der Waals surface area contributed by atoms with Gasteiger partial charge in [-0.15, -0.1) is 5.10 Å². The fourth-order valence-corrected chi connectivity index (χ4v) is 4.13. The van der Waals surface area contributed by atoms with Gasteiger partial charge in [-0.2, -0.15) is 4.68 Å². The number of aromatic nitrogens is 3. The van der Waals surface area contributed by atoms with Crippen LogP contribution in [-0.4, -0.2) is 38.8 Å². The Morgan fingerprint density at radius 2 is 2.13 bits per heavy atom. The van der Waals surface area contributed by atoms with E-state index in [1.54, 1.807) is 16.7 Å². The number of benzene rings is 1. The zero-order valence-electron chi connectivity index (χ0n) is 13.6. The summed E-state index contributed by atoms with van der Waals surface area (Å²) >= 11 is 1.66. The molecule has 1 aliphatic rings. The largest absolute Gasteiger partial charge is 0.346 e. The van der Waals surface area contributed by atoms with E-state index in [0.717, 1.165) is 12.8 Å². The van der Waals surface area contributed by atoms with E-state index >= 15 is 0 Å². The Kier molecular flexibility index (Phi) is 5.00. The van der Waals surface area contributed by atoms with Gasteiger partial charge in [-0.1, -0.05) is 36.0 Å². The number of hydrogen-bond donors (Lipinski definition) is 0. The van der Waals surface area contributed by atoms with Crippen molar-refractivity contribution in [1.29, 1.82) is 0 Å². The summed E-state index contributed by atoms with van der Waals surface area (Å²) in [6, 6.07) is 8.48. The SMILES string of the molecule is CCN(CC)C(=O)n1cnc(SC2CCCc3ccccc32)n1. The third kappa shape index (κ3) is 3.42. The summed E-state index contributed by atoms with van der Waals surface area (Å²) < 4.78 is 1.35. The van der Waals surface area contributed by atoms with E-state index in [0.29, 0.717) is 23.5 Å². The van der Waals surface area contributed by atoms with Crippen molar-refractivity contribution in [3.63, 3.8) is 0 Å². The van der Waals surface area contributed by atoms with Crippen molar-refractivity contribution in [2.45, 2.75) is 43.5 Å². The van der Waals surface area contributed by atoms with Gasteiger partial charge in [0, 0.05) is 18.3 Å². The van der Waals surface area contributed by atoms with Gasteiger partial charge >= 0.3 is 6.03 Å². The van der Waals surface area contributed by atoms with E-state index in [4.69, 9.17) is 0 Å². The highest BCUT2D eigenvalue weighted by Crippen LogP contribution is 2.41. The number of nitrogens with zero attached hydrogens (tertiary/aromatic N) is 4. The molecule has 0 aliphatic heterocycles. The molecule has 1 atom stereocenters. The molecule has 0 spiro atoms. The van der Waals surface area contributed by atoms with Gasteiger partial charge in [0.15, 0.2) is 0 Å². The van der Waals surface area contributed by atoms with Crippen LogP contribution in [0.25, 0.3) is 0 Å². The minimum Gasteiger partial charge on any atom is -0.323 e. The van der Waals surface area contributed by atoms with E-state index in [9.17, 15) is 4.79 Å². The Balaban J connectivity index is 1.74. The third-order valence-corrected chi connectivity index (χ3v) is 5.43. The normalized spacial score (nSPS) is 16.9. The minimum atomic E-state index is -0.113. The molecule has 0 fully saturated rings. The van der Waals surface area contributed by atoms with Crippen LogP contribution in [-0.2, 0) is 6.42 Å². The first-order valence-electron chi connectivity index (χ1n) is 8.18. The molecule has 23 heavy (non-hydrogen) atoms. The average Bonchev–Trinajstić information content (AvgIpc) is 3.05. The van der Waals surface area contributed by atoms with E-state index in [-0.39, 0.29) is 6.03 Å². The van der Waals surface area contributed by atoms with Crippen LogP contribution in [0.1, 0.15) is 43.1 Å². The molecule has 5 nitrogen and oxygen atoms in total. The van der Waals surface area contributed by atoms with Crippen LogP contribution in [0.4, 0.5) is 4.79 Å². The zero-order chi connectivity index (χ0) is 16.2. The second-order valence-corrected chi connectivity index (χ2v) is 6.79. The number of hydrogen-bond acceptors (Lipinski definition) is 4. The molecule has 2 aromatic rings. The van der Waals surface area contributed by atoms with Crippen molar-refractivity contribution in [2.24, 2.45) is 0 Å². The summed E-state index contributed by atoms with van der Waals surface area (Å²) in [4.78, 5) is 18.3. The Labute approximate surface area is 141 Å². The number of rotatable bonds is 4. The topological polar surface area (TPSA) is 51.0 Å². The number of fused-ring (bicyclic) bond motifs is 1. The summed E-state index contributed by atoms with van der Waals surface area (Å²) in [5.74, 6) is 0. The predicted octanol–water partition coefficient (Wildman–Crippen LogP) is 3.76. The maximum absolute atomic E-state index is 12.3. The Morgan fingerprint density at radius 3 is 2.91 bits per heavy atom. The van der Waals surface area contributed by atoms with Crippen molar-refractivity contribution in [2.75, 3.05) is 13.1 Å². The molecule has 1 aromatic heterocycles. The lowest BCUT2D eigenvalue weighted by Gasteiger charge is -2.23. The van der Waals surface area contributed by atoms with Gasteiger partial charge < -0.3 is 4.90 Å². The summed E-state index contributed by atoms with van der Waals surface area (Å²) in [7, 11) is 0. The average molecular weight is 330 g/mol. The second-order valence-electron chi connectivity index (χ2n) is 5.62. The number of aryl methyl sites for hydroxylation is 1. The maximum atomic E-state index is 12.3. The van der Waals surface area contributed by atoms with Crippen molar-refractivity contribution in [1.82, 2.24) is 19.7 Å². The van der Waals surface area contributed by atoms with Crippen LogP contribution < -0.4 is 0 Å². The van der Waals surface area contributed by atoms with Crippen LogP contribution >= 0.6 is 11.8 Å². The molecule has 0 saturated heterocycles. The van der Waals surface area contributed by atoms with Crippen LogP contribution in [0.2, 0.25) is 0 Å². The van der Waals surface area contributed by atoms with Crippen molar-refractivity contribution >= 4 is 17.8 Å². The molecular weight excluding hydrogens is 308 g/mol. The first-order valence-corrected chi connectivity index (χ1v) is 9.06. The summed E-state index contributed by atoms with van der Waals surface area (Å²) in [6.07, 6.45) is 4.99. The third-order valence-electron chi connectivity index (χ3n) is 4.26. The highest BCUT2D eigenvalue weighted by atomic mass is 32.2. The summed E-state index contributed by atoms with van der Waals surface area (Å²) in [5, 5.41) is 5.42. The molecule has 1 amide bonds. The molecule has 122 valence electrons. The molecule has 0 N–H and O–H groups in total. The van der Waals surface area contributed by atoms with Gasteiger partial charge in [0.2, 0.25) is 5.16 Å². The zero-order valence-corrected chi connectivity index (χ0v) is 14.4.